The van der Waals surface area contributed by atoms with Crippen LogP contribution in [0, 0.1) is 6.92 Å². The van der Waals surface area contributed by atoms with Crippen LogP contribution in [0.1, 0.15) is 15.4 Å². The molecule has 0 saturated heterocycles. The highest BCUT2D eigenvalue weighted by molar-refractivity contribution is 9.10. The maximum atomic E-state index is 5.89. The molecular formula is C12H12BrClN2S. The summed E-state index contributed by atoms with van der Waals surface area (Å²) in [5.74, 6) is 0. The number of nitrogens with one attached hydrogen (secondary N) is 1. The number of aryl methyl sites for hydroxylation is 1. The highest BCUT2D eigenvalue weighted by atomic mass is 79.9. The molecule has 1 aromatic carbocycles. The van der Waals surface area contributed by atoms with Crippen molar-refractivity contribution in [1.29, 1.82) is 0 Å². The van der Waals surface area contributed by atoms with E-state index < -0.39 is 0 Å². The van der Waals surface area contributed by atoms with Crippen molar-refractivity contribution in [1.82, 2.24) is 10.3 Å². The van der Waals surface area contributed by atoms with Crippen LogP contribution in [-0.2, 0) is 13.1 Å². The van der Waals surface area contributed by atoms with Gasteiger partial charge < -0.3 is 5.32 Å². The Hall–Kier alpha value is -0.420. The quantitative estimate of drug-likeness (QED) is 0.910. The summed E-state index contributed by atoms with van der Waals surface area (Å²) in [6.07, 6.45) is 1.90. The lowest BCUT2D eigenvalue weighted by Gasteiger charge is -2.05. The van der Waals surface area contributed by atoms with E-state index in [9.17, 15) is 0 Å². The minimum atomic E-state index is 0.746. The molecule has 0 amide bonds. The Kier molecular flexibility index (Phi) is 4.56. The van der Waals surface area contributed by atoms with Gasteiger partial charge in [0.05, 0.1) is 0 Å². The summed E-state index contributed by atoms with van der Waals surface area (Å²) in [6.45, 7) is 3.67. The first-order valence-corrected chi connectivity index (χ1v) is 7.20. The summed E-state index contributed by atoms with van der Waals surface area (Å²) in [6, 6.07) is 5.83. The van der Waals surface area contributed by atoms with Gasteiger partial charge in [0, 0.05) is 33.7 Å². The molecule has 2 aromatic rings. The third kappa shape index (κ3) is 3.78. The van der Waals surface area contributed by atoms with Crippen molar-refractivity contribution in [3.63, 3.8) is 0 Å². The first-order valence-electron chi connectivity index (χ1n) is 5.21. The van der Waals surface area contributed by atoms with Crippen LogP contribution in [0.3, 0.4) is 0 Å². The molecule has 0 spiro atoms. The molecule has 1 heterocycles. The van der Waals surface area contributed by atoms with E-state index in [1.807, 2.05) is 24.4 Å². The maximum absolute atomic E-state index is 5.89. The highest BCUT2D eigenvalue weighted by Crippen LogP contribution is 2.21. The van der Waals surface area contributed by atoms with E-state index in [0.29, 0.717) is 0 Å². The van der Waals surface area contributed by atoms with Gasteiger partial charge in [-0.25, -0.2) is 4.98 Å². The van der Waals surface area contributed by atoms with Crippen LogP contribution in [0.2, 0.25) is 5.02 Å². The number of hydrogen-bond donors (Lipinski definition) is 1. The van der Waals surface area contributed by atoms with Crippen LogP contribution in [0.5, 0.6) is 0 Å². The van der Waals surface area contributed by atoms with E-state index in [0.717, 1.165) is 27.6 Å². The SMILES string of the molecule is Cc1cnc(CNCc2ccc(Cl)cc2Br)s1. The Morgan fingerprint density at radius 3 is 2.88 bits per heavy atom. The molecule has 0 fully saturated rings. The molecular weight excluding hydrogens is 320 g/mol. The second kappa shape index (κ2) is 5.96. The first-order chi connectivity index (χ1) is 8.15. The van der Waals surface area contributed by atoms with E-state index in [1.165, 1.54) is 10.4 Å². The Bertz CT molecular complexity index is 513. The van der Waals surface area contributed by atoms with E-state index in [4.69, 9.17) is 11.6 Å². The van der Waals surface area contributed by atoms with Crippen molar-refractivity contribution < 1.29 is 0 Å². The van der Waals surface area contributed by atoms with Crippen molar-refractivity contribution in [3.8, 4) is 0 Å². The van der Waals surface area contributed by atoms with Gasteiger partial charge in [-0.3, -0.25) is 0 Å². The number of hydrogen-bond acceptors (Lipinski definition) is 3. The van der Waals surface area contributed by atoms with E-state index in [2.05, 4.69) is 33.2 Å². The standard InChI is InChI=1S/C12H12BrClN2S/c1-8-5-16-12(17-8)7-15-6-9-2-3-10(14)4-11(9)13/h2-5,15H,6-7H2,1H3. The van der Waals surface area contributed by atoms with Gasteiger partial charge in [0.25, 0.3) is 0 Å². The molecule has 17 heavy (non-hydrogen) atoms. The van der Waals surface area contributed by atoms with Gasteiger partial charge in [-0.05, 0) is 24.6 Å². The predicted octanol–water partition coefficient (Wildman–Crippen LogP) is 4.16. The number of benzene rings is 1. The second-order valence-electron chi connectivity index (χ2n) is 3.70. The Morgan fingerprint density at radius 1 is 1.41 bits per heavy atom. The molecule has 0 saturated carbocycles. The number of rotatable bonds is 4. The summed E-state index contributed by atoms with van der Waals surface area (Å²) in [7, 11) is 0. The zero-order valence-electron chi connectivity index (χ0n) is 9.34. The number of halogens is 2. The van der Waals surface area contributed by atoms with Gasteiger partial charge in [-0.2, -0.15) is 0 Å². The summed E-state index contributed by atoms with van der Waals surface area (Å²) in [5.41, 5.74) is 1.20. The molecule has 2 rings (SSSR count). The van der Waals surface area contributed by atoms with Crippen LogP contribution in [0.4, 0.5) is 0 Å². The van der Waals surface area contributed by atoms with Gasteiger partial charge in [0.1, 0.15) is 5.01 Å². The molecule has 2 nitrogen and oxygen atoms in total. The Balaban J connectivity index is 1.90. The van der Waals surface area contributed by atoms with Crippen LogP contribution < -0.4 is 5.32 Å². The minimum absolute atomic E-state index is 0.746. The van der Waals surface area contributed by atoms with Crippen molar-refractivity contribution >= 4 is 38.9 Å². The molecule has 90 valence electrons. The maximum Gasteiger partial charge on any atom is 0.107 e. The zero-order chi connectivity index (χ0) is 12.3. The Morgan fingerprint density at radius 2 is 2.24 bits per heavy atom. The van der Waals surface area contributed by atoms with Gasteiger partial charge in [-0.15, -0.1) is 11.3 Å². The molecule has 1 N–H and O–H groups in total. The van der Waals surface area contributed by atoms with Crippen LogP contribution in [0.25, 0.3) is 0 Å². The molecule has 0 atom stereocenters. The summed E-state index contributed by atoms with van der Waals surface area (Å²) >= 11 is 11.1. The lowest BCUT2D eigenvalue weighted by Crippen LogP contribution is -2.12. The third-order valence-electron chi connectivity index (χ3n) is 2.28. The second-order valence-corrected chi connectivity index (χ2v) is 6.31. The highest BCUT2D eigenvalue weighted by Gasteiger charge is 2.02. The van der Waals surface area contributed by atoms with Gasteiger partial charge in [0.2, 0.25) is 0 Å². The normalized spacial score (nSPS) is 10.8. The molecule has 0 aliphatic rings. The first kappa shape index (κ1) is 13.0. The molecule has 0 aliphatic carbocycles. The van der Waals surface area contributed by atoms with Gasteiger partial charge in [0.15, 0.2) is 0 Å². The van der Waals surface area contributed by atoms with Crippen molar-refractivity contribution in [2.75, 3.05) is 0 Å². The molecule has 1 aromatic heterocycles. The fourth-order valence-corrected chi connectivity index (χ4v) is 3.03. The van der Waals surface area contributed by atoms with E-state index in [-0.39, 0.29) is 0 Å². The fraction of sp³-hybridized carbons (Fsp3) is 0.250. The number of aromatic nitrogens is 1. The van der Waals surface area contributed by atoms with Gasteiger partial charge >= 0.3 is 0 Å². The van der Waals surface area contributed by atoms with Crippen LogP contribution >= 0.6 is 38.9 Å². The average molecular weight is 332 g/mol. The molecule has 0 bridgehead atoms. The largest absolute Gasteiger partial charge is 0.306 e. The zero-order valence-corrected chi connectivity index (χ0v) is 12.5. The molecule has 5 heteroatoms. The summed E-state index contributed by atoms with van der Waals surface area (Å²) in [4.78, 5) is 5.55. The minimum Gasteiger partial charge on any atom is -0.306 e. The number of thiazole rings is 1. The topological polar surface area (TPSA) is 24.9 Å². The molecule has 0 aliphatic heterocycles. The Labute approximate surface area is 118 Å². The lowest BCUT2D eigenvalue weighted by atomic mass is 10.2. The fourth-order valence-electron chi connectivity index (χ4n) is 1.45. The molecule has 0 radical (unpaired) electrons. The third-order valence-corrected chi connectivity index (χ3v) is 4.16. The van der Waals surface area contributed by atoms with Crippen molar-refractivity contribution in [3.05, 3.63) is 49.3 Å². The predicted molar refractivity (Wildman–Crippen MR) is 76.5 cm³/mol. The smallest absolute Gasteiger partial charge is 0.107 e. The molecule has 0 unspecified atom stereocenters. The monoisotopic (exact) mass is 330 g/mol. The van der Waals surface area contributed by atoms with Crippen LogP contribution in [-0.4, -0.2) is 4.98 Å². The number of nitrogens with zero attached hydrogens (tertiary/aromatic N) is 1. The van der Waals surface area contributed by atoms with E-state index >= 15 is 0 Å². The summed E-state index contributed by atoms with van der Waals surface area (Å²) < 4.78 is 1.04. The average Bonchev–Trinajstić information content (AvgIpc) is 2.68. The summed E-state index contributed by atoms with van der Waals surface area (Å²) in [5, 5.41) is 5.23. The van der Waals surface area contributed by atoms with E-state index in [1.54, 1.807) is 11.3 Å². The van der Waals surface area contributed by atoms with Gasteiger partial charge in [-0.1, -0.05) is 33.6 Å². The van der Waals surface area contributed by atoms with Crippen LogP contribution in [0.15, 0.2) is 28.9 Å². The lowest BCUT2D eigenvalue weighted by molar-refractivity contribution is 0.688. The van der Waals surface area contributed by atoms with Crippen molar-refractivity contribution in [2.24, 2.45) is 0 Å². The van der Waals surface area contributed by atoms with Crippen molar-refractivity contribution in [2.45, 2.75) is 20.0 Å².